The van der Waals surface area contributed by atoms with Gasteiger partial charge in [0.15, 0.2) is 9.84 Å². The molecule has 0 spiro atoms. The van der Waals surface area contributed by atoms with Crippen LogP contribution in [0.15, 0.2) is 65.6 Å². The van der Waals surface area contributed by atoms with Crippen LogP contribution in [0.3, 0.4) is 0 Å². The minimum absolute atomic E-state index is 0.131. The fourth-order valence-electron chi connectivity index (χ4n) is 4.49. The first-order valence-electron chi connectivity index (χ1n) is 11.7. The number of benzene rings is 3. The van der Waals surface area contributed by atoms with Crippen molar-refractivity contribution in [3.8, 4) is 0 Å². The molecular weight excluding hydrogens is 533 g/mol. The van der Waals surface area contributed by atoms with E-state index in [0.29, 0.717) is 17.7 Å². The highest BCUT2D eigenvalue weighted by Gasteiger charge is 2.38. The number of halogens is 2. The summed E-state index contributed by atoms with van der Waals surface area (Å²) in [5.41, 5.74) is 8.40. The van der Waals surface area contributed by atoms with Crippen LogP contribution in [0.1, 0.15) is 45.6 Å². The second-order valence-electron chi connectivity index (χ2n) is 9.25. The molecule has 1 aliphatic carbocycles. The summed E-state index contributed by atoms with van der Waals surface area (Å²) in [5.74, 6) is -0.854. The summed E-state index contributed by atoms with van der Waals surface area (Å²) in [4.78, 5) is 25.4. The van der Waals surface area contributed by atoms with Crippen LogP contribution in [-0.4, -0.2) is 32.3 Å². The van der Waals surface area contributed by atoms with Crippen LogP contribution in [0.5, 0.6) is 0 Å². The highest BCUT2D eigenvalue weighted by atomic mass is 35.5. The zero-order valence-corrected chi connectivity index (χ0v) is 22.6. The number of rotatable bonds is 6. The number of anilines is 1. The Kier molecular flexibility index (Phi) is 7.94. The van der Waals surface area contributed by atoms with Crippen molar-refractivity contribution < 1.29 is 18.0 Å². The van der Waals surface area contributed by atoms with Gasteiger partial charge in [-0.25, -0.2) is 8.42 Å². The van der Waals surface area contributed by atoms with Crippen molar-refractivity contribution >= 4 is 50.5 Å². The lowest BCUT2D eigenvalue weighted by Gasteiger charge is -2.32. The number of amides is 2. The van der Waals surface area contributed by atoms with Gasteiger partial charge in [-0.15, -0.1) is 0 Å². The molecule has 0 saturated carbocycles. The average molecular weight is 561 g/mol. The standard InChI is InChI=1S/C27H27Cl2N3O4S/c1-15-5-3-6-20(11-15)37(35,36)24-14-19(32-26(33)16(2)30)12-17-9-10-18(13-21(17)24)31-27(34)25-22(28)7-4-8-23(25)29/h3-11,13,16,19,24H,12,14,30H2,1-2H3,(H,31,34)(H,32,33)/t16-,19-,24?/m1/s1. The van der Waals surface area contributed by atoms with Gasteiger partial charge in [-0.3, -0.25) is 9.59 Å². The molecule has 4 rings (SSSR count). The SMILES string of the molecule is Cc1cccc(S(=O)(=O)C2C[C@H](NC(=O)[C@@H](C)N)Cc3ccc(NC(=O)c4c(Cl)cccc4Cl)cc32)c1. The summed E-state index contributed by atoms with van der Waals surface area (Å²) >= 11 is 12.4. The predicted molar refractivity (Wildman–Crippen MR) is 146 cm³/mol. The molecular formula is C27H27Cl2N3O4S. The molecule has 3 atom stereocenters. The minimum Gasteiger partial charge on any atom is -0.352 e. The van der Waals surface area contributed by atoms with Crippen LogP contribution < -0.4 is 16.4 Å². The highest BCUT2D eigenvalue weighted by Crippen LogP contribution is 2.40. The number of nitrogens with two attached hydrogens (primary N) is 1. The van der Waals surface area contributed by atoms with Gasteiger partial charge in [0.2, 0.25) is 5.91 Å². The van der Waals surface area contributed by atoms with Gasteiger partial charge in [0, 0.05) is 11.7 Å². The Morgan fingerprint density at radius 1 is 1.03 bits per heavy atom. The molecule has 1 aliphatic rings. The van der Waals surface area contributed by atoms with Crippen LogP contribution in [0.25, 0.3) is 0 Å². The third-order valence-electron chi connectivity index (χ3n) is 6.36. The van der Waals surface area contributed by atoms with E-state index in [1.165, 1.54) is 0 Å². The maximum Gasteiger partial charge on any atom is 0.258 e. The molecule has 3 aromatic carbocycles. The summed E-state index contributed by atoms with van der Waals surface area (Å²) in [6.45, 7) is 3.40. The highest BCUT2D eigenvalue weighted by molar-refractivity contribution is 7.91. The number of carbonyl (C=O) groups excluding carboxylic acids is 2. The zero-order chi connectivity index (χ0) is 26.9. The molecule has 0 aromatic heterocycles. The predicted octanol–water partition coefficient (Wildman–Crippen LogP) is 4.85. The van der Waals surface area contributed by atoms with Crippen LogP contribution in [0.2, 0.25) is 10.0 Å². The van der Waals surface area contributed by atoms with E-state index >= 15 is 0 Å². The first kappa shape index (κ1) is 27.1. The third-order valence-corrected chi connectivity index (χ3v) is 9.09. The lowest BCUT2D eigenvalue weighted by Crippen LogP contribution is -2.47. The smallest absolute Gasteiger partial charge is 0.258 e. The van der Waals surface area contributed by atoms with Crippen LogP contribution in [0, 0.1) is 6.92 Å². The Bertz CT molecular complexity index is 1450. The van der Waals surface area contributed by atoms with Crippen molar-refractivity contribution in [2.45, 2.75) is 48.9 Å². The molecule has 0 bridgehead atoms. The summed E-state index contributed by atoms with van der Waals surface area (Å²) in [7, 11) is -3.84. The summed E-state index contributed by atoms with van der Waals surface area (Å²) in [5, 5.41) is 5.12. The number of hydrogen-bond donors (Lipinski definition) is 3. The number of nitrogens with one attached hydrogen (secondary N) is 2. The Morgan fingerprint density at radius 3 is 2.35 bits per heavy atom. The first-order valence-corrected chi connectivity index (χ1v) is 14.0. The molecule has 194 valence electrons. The molecule has 37 heavy (non-hydrogen) atoms. The Morgan fingerprint density at radius 2 is 1.70 bits per heavy atom. The summed E-state index contributed by atoms with van der Waals surface area (Å²) < 4.78 is 27.7. The average Bonchev–Trinajstić information content (AvgIpc) is 2.83. The molecule has 0 radical (unpaired) electrons. The van der Waals surface area contributed by atoms with E-state index in [1.54, 1.807) is 61.5 Å². The fraction of sp³-hybridized carbons (Fsp3) is 0.259. The molecule has 0 fully saturated rings. The van der Waals surface area contributed by atoms with Gasteiger partial charge in [-0.1, -0.05) is 47.5 Å². The molecule has 3 aromatic rings. The molecule has 1 unspecified atom stereocenters. The van der Waals surface area contributed by atoms with Gasteiger partial charge in [-0.2, -0.15) is 0 Å². The summed E-state index contributed by atoms with van der Waals surface area (Å²) in [6.07, 6.45) is 0.591. The van der Waals surface area contributed by atoms with Gasteiger partial charge in [0.05, 0.1) is 31.8 Å². The van der Waals surface area contributed by atoms with Crippen molar-refractivity contribution in [1.82, 2.24) is 5.32 Å². The normalized spacial score (nSPS) is 18.0. The Balaban J connectivity index is 1.73. The second kappa shape index (κ2) is 10.8. The largest absolute Gasteiger partial charge is 0.352 e. The third kappa shape index (κ3) is 5.83. The van der Waals surface area contributed by atoms with E-state index < -0.39 is 33.1 Å². The van der Waals surface area contributed by atoms with Gasteiger partial charge in [0.25, 0.3) is 5.91 Å². The zero-order valence-electron chi connectivity index (χ0n) is 20.3. The van der Waals surface area contributed by atoms with Crippen molar-refractivity contribution in [3.05, 3.63) is 93.0 Å². The van der Waals surface area contributed by atoms with Crippen LogP contribution in [0.4, 0.5) is 5.69 Å². The van der Waals surface area contributed by atoms with Gasteiger partial charge in [0.1, 0.15) is 0 Å². The van der Waals surface area contributed by atoms with E-state index in [4.69, 9.17) is 28.9 Å². The van der Waals surface area contributed by atoms with Gasteiger partial charge >= 0.3 is 0 Å². The fourth-order valence-corrected chi connectivity index (χ4v) is 7.05. The van der Waals surface area contributed by atoms with Crippen molar-refractivity contribution in [3.63, 3.8) is 0 Å². The molecule has 7 nitrogen and oxygen atoms in total. The lowest BCUT2D eigenvalue weighted by atomic mass is 9.87. The summed E-state index contributed by atoms with van der Waals surface area (Å²) in [6, 6.07) is 15.5. The number of hydrogen-bond acceptors (Lipinski definition) is 5. The monoisotopic (exact) mass is 559 g/mol. The van der Waals surface area contributed by atoms with E-state index in [-0.39, 0.29) is 32.8 Å². The van der Waals surface area contributed by atoms with E-state index in [9.17, 15) is 18.0 Å². The number of sulfone groups is 1. The van der Waals surface area contributed by atoms with Crippen molar-refractivity contribution in [2.75, 3.05) is 5.32 Å². The van der Waals surface area contributed by atoms with Crippen LogP contribution >= 0.6 is 23.2 Å². The molecule has 0 saturated heterocycles. The van der Waals surface area contributed by atoms with Gasteiger partial charge in [-0.05, 0) is 79.8 Å². The molecule has 0 aliphatic heterocycles. The quantitative estimate of drug-likeness (QED) is 0.399. The Hall–Kier alpha value is -2.91. The molecule has 0 heterocycles. The van der Waals surface area contributed by atoms with Gasteiger partial charge < -0.3 is 16.4 Å². The topological polar surface area (TPSA) is 118 Å². The van der Waals surface area contributed by atoms with E-state index in [0.717, 1.165) is 11.1 Å². The first-order chi connectivity index (χ1) is 17.5. The maximum atomic E-state index is 13.9. The van der Waals surface area contributed by atoms with E-state index in [2.05, 4.69) is 10.6 Å². The lowest BCUT2D eigenvalue weighted by molar-refractivity contribution is -0.122. The van der Waals surface area contributed by atoms with Crippen molar-refractivity contribution in [2.24, 2.45) is 5.73 Å². The van der Waals surface area contributed by atoms with E-state index in [1.807, 2.05) is 13.0 Å². The molecule has 10 heteroatoms. The Labute approximate surface area is 226 Å². The number of fused-ring (bicyclic) bond motifs is 1. The molecule has 4 N–H and O–H groups in total. The van der Waals surface area contributed by atoms with Crippen LogP contribution in [-0.2, 0) is 21.1 Å². The number of carbonyl (C=O) groups is 2. The maximum absolute atomic E-state index is 13.9. The second-order valence-corrected chi connectivity index (χ2v) is 12.2. The number of aryl methyl sites for hydroxylation is 1. The minimum atomic E-state index is -3.84. The van der Waals surface area contributed by atoms with Crippen molar-refractivity contribution in [1.29, 1.82) is 0 Å². The molecule has 2 amide bonds.